The summed E-state index contributed by atoms with van der Waals surface area (Å²) in [7, 11) is 0. The first-order chi connectivity index (χ1) is 11.3. The van der Waals surface area contributed by atoms with Crippen molar-refractivity contribution in [1.82, 2.24) is 19.7 Å². The molecule has 1 aromatic heterocycles. The number of aryl methyl sites for hydroxylation is 1. The molecule has 5 heteroatoms. The summed E-state index contributed by atoms with van der Waals surface area (Å²) in [6.07, 6.45) is 4.03. The van der Waals surface area contributed by atoms with Crippen molar-refractivity contribution in [1.29, 1.82) is 0 Å². The second-order valence-corrected chi connectivity index (χ2v) is 5.97. The predicted molar refractivity (Wildman–Crippen MR) is 90.9 cm³/mol. The Kier molecular flexibility index (Phi) is 5.20. The molecular weight excluding hydrogens is 288 g/mol. The maximum atomic E-state index is 5.91. The molecule has 1 saturated heterocycles. The van der Waals surface area contributed by atoms with E-state index in [9.17, 15) is 0 Å². The van der Waals surface area contributed by atoms with Gasteiger partial charge in [-0.2, -0.15) is 0 Å². The van der Waals surface area contributed by atoms with Gasteiger partial charge in [0.15, 0.2) is 5.82 Å². The Morgan fingerprint density at radius 2 is 2.17 bits per heavy atom. The summed E-state index contributed by atoms with van der Waals surface area (Å²) in [6.45, 7) is 8.66. The summed E-state index contributed by atoms with van der Waals surface area (Å²) in [5, 5.41) is 8.25. The zero-order chi connectivity index (χ0) is 16.1. The maximum Gasteiger partial charge on any atom is 0.163 e. The van der Waals surface area contributed by atoms with Crippen LogP contribution in [-0.2, 0) is 11.3 Å². The van der Waals surface area contributed by atoms with Gasteiger partial charge in [-0.25, -0.2) is 0 Å². The summed E-state index contributed by atoms with van der Waals surface area (Å²) in [5.74, 6) is 0.932. The maximum absolute atomic E-state index is 5.91. The molecular formula is C18H24N4O. The van der Waals surface area contributed by atoms with E-state index >= 15 is 0 Å². The highest BCUT2D eigenvalue weighted by Crippen LogP contribution is 2.21. The normalized spacial score (nSPS) is 19.9. The van der Waals surface area contributed by atoms with E-state index in [1.54, 1.807) is 6.33 Å². The molecule has 0 aliphatic carbocycles. The molecule has 1 aliphatic heterocycles. The van der Waals surface area contributed by atoms with Gasteiger partial charge in [0.25, 0.3) is 0 Å². The van der Waals surface area contributed by atoms with Gasteiger partial charge in [-0.1, -0.05) is 42.0 Å². The molecule has 1 fully saturated rings. The van der Waals surface area contributed by atoms with Crippen molar-refractivity contribution in [2.45, 2.75) is 26.5 Å². The third-order valence-electron chi connectivity index (χ3n) is 4.11. The van der Waals surface area contributed by atoms with E-state index < -0.39 is 0 Å². The quantitative estimate of drug-likeness (QED) is 0.851. The lowest BCUT2D eigenvalue weighted by molar-refractivity contribution is -0.0329. The minimum atomic E-state index is 0.00993. The van der Waals surface area contributed by atoms with Crippen molar-refractivity contribution in [2.75, 3.05) is 26.2 Å². The van der Waals surface area contributed by atoms with Gasteiger partial charge in [-0.15, -0.1) is 10.2 Å². The van der Waals surface area contributed by atoms with Gasteiger partial charge >= 0.3 is 0 Å². The average molecular weight is 312 g/mol. The summed E-state index contributed by atoms with van der Waals surface area (Å²) < 4.78 is 7.97. The summed E-state index contributed by atoms with van der Waals surface area (Å²) in [6, 6.07) is 10.5. The molecule has 0 spiro atoms. The minimum absolute atomic E-state index is 0.00993. The van der Waals surface area contributed by atoms with Crippen LogP contribution >= 0.6 is 0 Å². The highest BCUT2D eigenvalue weighted by molar-refractivity contribution is 5.52. The van der Waals surface area contributed by atoms with Gasteiger partial charge in [0.05, 0.1) is 6.61 Å². The third-order valence-corrected chi connectivity index (χ3v) is 4.11. The molecule has 0 bridgehead atoms. The second-order valence-electron chi connectivity index (χ2n) is 5.97. The number of rotatable bonds is 5. The van der Waals surface area contributed by atoms with Crippen LogP contribution in [0.5, 0.6) is 0 Å². The lowest BCUT2D eigenvalue weighted by Crippen LogP contribution is -2.40. The van der Waals surface area contributed by atoms with Gasteiger partial charge in [0.2, 0.25) is 0 Å². The van der Waals surface area contributed by atoms with Crippen LogP contribution in [0.4, 0.5) is 0 Å². The van der Waals surface area contributed by atoms with E-state index in [0.29, 0.717) is 0 Å². The Labute approximate surface area is 137 Å². The number of morpholine rings is 1. The zero-order valence-electron chi connectivity index (χ0n) is 13.9. The van der Waals surface area contributed by atoms with Gasteiger partial charge < -0.3 is 9.30 Å². The Balaban J connectivity index is 1.64. The first kappa shape index (κ1) is 15.9. The Hall–Kier alpha value is -1.98. The largest absolute Gasteiger partial charge is 0.368 e. The Bertz CT molecular complexity index is 650. The molecule has 0 N–H and O–H groups in total. The highest BCUT2D eigenvalue weighted by atomic mass is 16.5. The van der Waals surface area contributed by atoms with Crippen LogP contribution in [0, 0.1) is 0 Å². The number of ether oxygens (including phenoxy) is 1. The van der Waals surface area contributed by atoms with Crippen molar-refractivity contribution in [3.63, 3.8) is 0 Å². The first-order valence-electron chi connectivity index (χ1n) is 8.20. The molecule has 2 heterocycles. The molecule has 1 aliphatic rings. The second kappa shape index (κ2) is 7.53. The lowest BCUT2D eigenvalue weighted by Gasteiger charge is -2.32. The van der Waals surface area contributed by atoms with Crippen molar-refractivity contribution >= 4 is 6.08 Å². The fourth-order valence-corrected chi connectivity index (χ4v) is 2.99. The van der Waals surface area contributed by atoms with Crippen molar-refractivity contribution in [2.24, 2.45) is 0 Å². The summed E-state index contributed by atoms with van der Waals surface area (Å²) >= 11 is 0. The zero-order valence-corrected chi connectivity index (χ0v) is 13.9. The van der Waals surface area contributed by atoms with E-state index in [0.717, 1.165) is 38.6 Å². The number of nitrogens with zero attached hydrogens (tertiary/aromatic N) is 4. The van der Waals surface area contributed by atoms with E-state index in [1.807, 2.05) is 6.07 Å². The molecule has 122 valence electrons. The molecule has 0 saturated carbocycles. The molecule has 1 unspecified atom stereocenters. The third kappa shape index (κ3) is 4.06. The molecule has 1 atom stereocenters. The van der Waals surface area contributed by atoms with Gasteiger partial charge in [0.1, 0.15) is 12.4 Å². The van der Waals surface area contributed by atoms with Gasteiger partial charge in [-0.05, 0) is 19.4 Å². The topological polar surface area (TPSA) is 43.2 Å². The number of aromatic nitrogens is 3. The van der Waals surface area contributed by atoms with Crippen LogP contribution in [0.3, 0.4) is 0 Å². The van der Waals surface area contributed by atoms with Crippen LogP contribution in [0.15, 0.2) is 42.2 Å². The number of hydrogen-bond donors (Lipinski definition) is 0. The Morgan fingerprint density at radius 3 is 2.96 bits per heavy atom. The van der Waals surface area contributed by atoms with Crippen molar-refractivity contribution in [3.05, 3.63) is 53.6 Å². The van der Waals surface area contributed by atoms with E-state index in [2.05, 4.69) is 63.9 Å². The van der Waals surface area contributed by atoms with E-state index in [1.165, 1.54) is 11.1 Å². The van der Waals surface area contributed by atoms with Gasteiger partial charge in [-0.3, -0.25) is 4.90 Å². The molecule has 3 rings (SSSR count). The first-order valence-corrected chi connectivity index (χ1v) is 8.20. The standard InChI is InChI=1S/C18H24N4O/c1-3-22-14-19-20-18(22)17-13-21(9-10-23-17)12-15(2)11-16-7-5-4-6-8-16/h4-8,11,14,17H,3,9-10,12-13H2,1-2H3/b15-11+. The van der Waals surface area contributed by atoms with Crippen LogP contribution in [-0.4, -0.2) is 45.9 Å². The molecule has 0 radical (unpaired) electrons. The smallest absolute Gasteiger partial charge is 0.163 e. The van der Waals surface area contributed by atoms with E-state index in [-0.39, 0.29) is 6.10 Å². The number of hydrogen-bond acceptors (Lipinski definition) is 4. The van der Waals surface area contributed by atoms with Crippen LogP contribution in [0.2, 0.25) is 0 Å². The molecule has 0 amide bonds. The lowest BCUT2D eigenvalue weighted by atomic mass is 10.1. The van der Waals surface area contributed by atoms with Crippen LogP contribution in [0.1, 0.15) is 31.3 Å². The molecule has 1 aromatic carbocycles. The predicted octanol–water partition coefficient (Wildman–Crippen LogP) is 2.77. The number of benzene rings is 1. The Morgan fingerprint density at radius 1 is 1.35 bits per heavy atom. The monoisotopic (exact) mass is 312 g/mol. The fraction of sp³-hybridized carbons (Fsp3) is 0.444. The van der Waals surface area contributed by atoms with Crippen LogP contribution < -0.4 is 0 Å². The minimum Gasteiger partial charge on any atom is -0.368 e. The summed E-state index contributed by atoms with van der Waals surface area (Å²) in [4.78, 5) is 2.43. The molecule has 23 heavy (non-hydrogen) atoms. The summed E-state index contributed by atoms with van der Waals surface area (Å²) in [5.41, 5.74) is 2.61. The van der Waals surface area contributed by atoms with Crippen LogP contribution in [0.25, 0.3) is 6.08 Å². The van der Waals surface area contributed by atoms with Gasteiger partial charge in [0, 0.05) is 26.2 Å². The highest BCUT2D eigenvalue weighted by Gasteiger charge is 2.25. The fourth-order valence-electron chi connectivity index (χ4n) is 2.99. The molecule has 5 nitrogen and oxygen atoms in total. The van der Waals surface area contributed by atoms with E-state index in [4.69, 9.17) is 4.74 Å². The average Bonchev–Trinajstić information content (AvgIpc) is 3.04. The van der Waals surface area contributed by atoms with Crippen molar-refractivity contribution in [3.8, 4) is 0 Å². The van der Waals surface area contributed by atoms with Crippen molar-refractivity contribution < 1.29 is 4.74 Å². The SMILES string of the molecule is CCn1cnnc1C1CN(C/C(C)=C/c2ccccc2)CCO1. The molecule has 2 aromatic rings.